The lowest BCUT2D eigenvalue weighted by atomic mass is 10.1. The second kappa shape index (κ2) is 7.00. The van der Waals surface area contributed by atoms with Crippen LogP contribution in [-0.2, 0) is 20.9 Å². The molecule has 24 heavy (non-hydrogen) atoms. The maximum Gasteiger partial charge on any atom is 0.329 e. The van der Waals surface area contributed by atoms with E-state index >= 15 is 0 Å². The Labute approximate surface area is 140 Å². The van der Waals surface area contributed by atoms with Crippen molar-refractivity contribution in [2.45, 2.75) is 51.9 Å². The monoisotopic (exact) mass is 334 g/mol. The van der Waals surface area contributed by atoms with Gasteiger partial charge in [-0.15, -0.1) is 0 Å². The summed E-state index contributed by atoms with van der Waals surface area (Å²) >= 11 is 0. The molecule has 7 nitrogen and oxygen atoms in total. The Balaban J connectivity index is 2.09. The van der Waals surface area contributed by atoms with Crippen LogP contribution in [0, 0.1) is 0 Å². The van der Waals surface area contributed by atoms with Crippen LogP contribution >= 0.6 is 0 Å². The molecule has 1 heterocycles. The van der Waals surface area contributed by atoms with Gasteiger partial charge in [-0.2, -0.15) is 0 Å². The number of amides is 3. The summed E-state index contributed by atoms with van der Waals surface area (Å²) in [5, 5.41) is 11.6. The number of hydrogen-bond donors (Lipinski definition) is 2. The number of carbonyl (C=O) groups is 3. The van der Waals surface area contributed by atoms with Crippen molar-refractivity contribution in [1.82, 2.24) is 4.90 Å². The molecular weight excluding hydrogens is 312 g/mol. The van der Waals surface area contributed by atoms with E-state index in [0.29, 0.717) is 11.3 Å². The van der Waals surface area contributed by atoms with Crippen LogP contribution < -0.4 is 5.32 Å². The first kappa shape index (κ1) is 17.9. The number of anilines is 1. The summed E-state index contributed by atoms with van der Waals surface area (Å²) in [6.45, 7) is 5.10. The van der Waals surface area contributed by atoms with Gasteiger partial charge < -0.3 is 15.2 Å². The molecule has 0 spiro atoms. The van der Waals surface area contributed by atoms with Crippen molar-refractivity contribution in [3.63, 3.8) is 0 Å². The topological polar surface area (TPSA) is 95.9 Å². The van der Waals surface area contributed by atoms with Gasteiger partial charge in [0.1, 0.15) is 11.6 Å². The number of likely N-dealkylation sites (tertiary alicyclic amines) is 1. The van der Waals surface area contributed by atoms with E-state index < -0.39 is 29.6 Å². The third-order valence-corrected chi connectivity index (χ3v) is 3.50. The van der Waals surface area contributed by atoms with Crippen LogP contribution in [0.15, 0.2) is 24.3 Å². The van der Waals surface area contributed by atoms with Crippen molar-refractivity contribution in [2.24, 2.45) is 0 Å². The summed E-state index contributed by atoms with van der Waals surface area (Å²) < 4.78 is 5.29. The molecule has 130 valence electrons. The average molecular weight is 334 g/mol. The fraction of sp³-hybridized carbons (Fsp3) is 0.471. The molecule has 1 aliphatic heterocycles. The molecule has 1 saturated heterocycles. The molecule has 0 aromatic heterocycles. The minimum Gasteiger partial charge on any atom is -0.458 e. The Morgan fingerprint density at radius 1 is 1.29 bits per heavy atom. The number of nitrogens with zero attached hydrogens (tertiary/aromatic N) is 1. The van der Waals surface area contributed by atoms with E-state index in [1.165, 1.54) is 0 Å². The van der Waals surface area contributed by atoms with E-state index in [4.69, 9.17) is 9.84 Å². The highest BCUT2D eigenvalue weighted by Crippen LogP contribution is 2.23. The van der Waals surface area contributed by atoms with Gasteiger partial charge in [0.05, 0.1) is 6.61 Å². The third kappa shape index (κ3) is 4.32. The van der Waals surface area contributed by atoms with Gasteiger partial charge in [0.25, 0.3) is 0 Å². The SMILES string of the molecule is CC(C)(C)OC(=O)[C@@H]1CCC(=O)N1C(=O)Nc1ccc(CO)cc1. The van der Waals surface area contributed by atoms with E-state index in [1.807, 2.05) is 0 Å². The molecule has 1 aromatic carbocycles. The molecular formula is C17H22N2O5. The van der Waals surface area contributed by atoms with Gasteiger partial charge >= 0.3 is 12.0 Å². The van der Waals surface area contributed by atoms with Gasteiger partial charge in [-0.1, -0.05) is 12.1 Å². The van der Waals surface area contributed by atoms with E-state index in [9.17, 15) is 14.4 Å². The molecule has 1 aromatic rings. The predicted octanol–water partition coefficient (Wildman–Crippen LogP) is 2.04. The number of esters is 1. The number of nitrogens with one attached hydrogen (secondary N) is 1. The van der Waals surface area contributed by atoms with E-state index in [-0.39, 0.29) is 19.4 Å². The van der Waals surface area contributed by atoms with Crippen LogP contribution in [0.5, 0.6) is 0 Å². The van der Waals surface area contributed by atoms with Crippen LogP contribution in [0.2, 0.25) is 0 Å². The maximum atomic E-state index is 12.4. The second-order valence-electron chi connectivity index (χ2n) is 6.64. The standard InChI is InChI=1S/C17H22N2O5/c1-17(2,3)24-15(22)13-8-9-14(21)19(13)16(23)18-12-6-4-11(10-20)5-7-12/h4-7,13,20H,8-10H2,1-3H3,(H,18,23)/t13-/m0/s1. The van der Waals surface area contributed by atoms with Gasteiger partial charge in [-0.25, -0.2) is 14.5 Å². The first-order valence-corrected chi connectivity index (χ1v) is 7.77. The number of benzene rings is 1. The Bertz CT molecular complexity index is 633. The zero-order chi connectivity index (χ0) is 17.9. The van der Waals surface area contributed by atoms with Gasteiger partial charge in [0.2, 0.25) is 5.91 Å². The maximum absolute atomic E-state index is 12.4. The second-order valence-corrected chi connectivity index (χ2v) is 6.64. The molecule has 7 heteroatoms. The molecule has 3 amide bonds. The highest BCUT2D eigenvalue weighted by atomic mass is 16.6. The van der Waals surface area contributed by atoms with E-state index in [0.717, 1.165) is 4.90 Å². The normalized spacial score (nSPS) is 17.8. The summed E-state index contributed by atoms with van der Waals surface area (Å²) in [4.78, 5) is 37.6. The number of hydrogen-bond acceptors (Lipinski definition) is 5. The third-order valence-electron chi connectivity index (χ3n) is 3.50. The van der Waals surface area contributed by atoms with Gasteiger partial charge in [-0.3, -0.25) is 4.79 Å². The Hall–Kier alpha value is -2.41. The number of rotatable bonds is 3. The van der Waals surface area contributed by atoms with Crippen molar-refractivity contribution < 1.29 is 24.2 Å². The molecule has 2 N–H and O–H groups in total. The molecule has 0 aliphatic carbocycles. The van der Waals surface area contributed by atoms with Gasteiger partial charge in [0, 0.05) is 12.1 Å². The molecule has 1 atom stereocenters. The van der Waals surface area contributed by atoms with Crippen molar-refractivity contribution >= 4 is 23.6 Å². The Morgan fingerprint density at radius 3 is 2.46 bits per heavy atom. The Morgan fingerprint density at radius 2 is 1.92 bits per heavy atom. The molecule has 2 rings (SSSR count). The van der Waals surface area contributed by atoms with Crippen LogP contribution in [0.3, 0.4) is 0 Å². The first-order valence-electron chi connectivity index (χ1n) is 7.77. The summed E-state index contributed by atoms with van der Waals surface area (Å²) in [5.41, 5.74) is 0.488. The fourth-order valence-electron chi connectivity index (χ4n) is 2.41. The number of carbonyl (C=O) groups excluding carboxylic acids is 3. The van der Waals surface area contributed by atoms with Gasteiger partial charge in [0.15, 0.2) is 0 Å². The number of urea groups is 1. The molecule has 0 saturated carbocycles. The number of aliphatic hydroxyl groups excluding tert-OH is 1. The van der Waals surface area contributed by atoms with Crippen molar-refractivity contribution in [1.29, 1.82) is 0 Å². The number of ether oxygens (including phenoxy) is 1. The highest BCUT2D eigenvalue weighted by molar-refractivity contribution is 6.06. The molecule has 0 bridgehead atoms. The summed E-state index contributed by atoms with van der Waals surface area (Å²) in [5.74, 6) is -0.991. The van der Waals surface area contributed by atoms with Gasteiger partial charge in [-0.05, 0) is 44.9 Å². The van der Waals surface area contributed by atoms with Crippen molar-refractivity contribution in [2.75, 3.05) is 5.32 Å². The lowest BCUT2D eigenvalue weighted by Gasteiger charge is -2.26. The Kier molecular flexibility index (Phi) is 5.23. The van der Waals surface area contributed by atoms with E-state index in [1.54, 1.807) is 45.0 Å². The van der Waals surface area contributed by atoms with E-state index in [2.05, 4.69) is 5.32 Å². The minimum absolute atomic E-state index is 0.0977. The van der Waals surface area contributed by atoms with Crippen LogP contribution in [0.1, 0.15) is 39.2 Å². The first-order chi connectivity index (χ1) is 11.2. The lowest BCUT2D eigenvalue weighted by Crippen LogP contribution is -2.47. The van der Waals surface area contributed by atoms with Crippen LogP contribution in [0.25, 0.3) is 0 Å². The van der Waals surface area contributed by atoms with Crippen molar-refractivity contribution in [3.05, 3.63) is 29.8 Å². The number of imide groups is 1. The zero-order valence-electron chi connectivity index (χ0n) is 14.0. The number of aliphatic hydroxyl groups is 1. The van der Waals surface area contributed by atoms with Crippen LogP contribution in [0.4, 0.5) is 10.5 Å². The summed E-state index contributed by atoms with van der Waals surface area (Å²) in [7, 11) is 0. The van der Waals surface area contributed by atoms with Crippen molar-refractivity contribution in [3.8, 4) is 0 Å². The van der Waals surface area contributed by atoms with Crippen LogP contribution in [-0.4, -0.2) is 39.6 Å². The quantitative estimate of drug-likeness (QED) is 0.825. The summed E-state index contributed by atoms with van der Waals surface area (Å²) in [6.07, 6.45) is 0.380. The minimum atomic E-state index is -0.909. The largest absolute Gasteiger partial charge is 0.458 e. The molecule has 0 radical (unpaired) electrons. The predicted molar refractivity (Wildman–Crippen MR) is 87.1 cm³/mol. The fourth-order valence-corrected chi connectivity index (χ4v) is 2.41. The smallest absolute Gasteiger partial charge is 0.329 e. The average Bonchev–Trinajstić information content (AvgIpc) is 2.88. The molecule has 1 aliphatic rings. The zero-order valence-corrected chi connectivity index (χ0v) is 14.0. The lowest BCUT2D eigenvalue weighted by molar-refractivity contribution is -0.160. The highest BCUT2D eigenvalue weighted by Gasteiger charge is 2.42. The summed E-state index contributed by atoms with van der Waals surface area (Å²) in [6, 6.07) is 4.98. The molecule has 1 fully saturated rings. The molecule has 0 unspecified atom stereocenters.